The second-order valence-electron chi connectivity index (χ2n) is 4.20. The van der Waals surface area contributed by atoms with Gasteiger partial charge in [-0.15, -0.1) is 0 Å². The molecule has 3 nitrogen and oxygen atoms in total. The number of nitrogens with one attached hydrogen (secondary N) is 2. The van der Waals surface area contributed by atoms with Crippen molar-refractivity contribution in [2.45, 2.75) is 25.2 Å². The summed E-state index contributed by atoms with van der Waals surface area (Å²) in [6.07, 6.45) is -1.91. The van der Waals surface area contributed by atoms with Crippen LogP contribution in [0.4, 0.5) is 13.2 Å². The van der Waals surface area contributed by atoms with E-state index in [0.29, 0.717) is 11.4 Å². The molecule has 0 aliphatic heterocycles. The zero-order valence-corrected chi connectivity index (χ0v) is 10.1. The molecule has 0 bridgehead atoms. The maximum absolute atomic E-state index is 12.6. The molecule has 2 rings (SSSR count). The fraction of sp³-hybridized carbons (Fsp3) is 0.308. The van der Waals surface area contributed by atoms with E-state index in [4.69, 9.17) is 0 Å². The number of aromatic amines is 1. The first kappa shape index (κ1) is 13.6. The van der Waals surface area contributed by atoms with Crippen LogP contribution in [0.15, 0.2) is 42.7 Å². The number of nitrogens with zero attached hydrogens (tertiary/aromatic N) is 1. The number of imidazole rings is 1. The van der Waals surface area contributed by atoms with E-state index in [9.17, 15) is 13.2 Å². The van der Waals surface area contributed by atoms with Gasteiger partial charge in [-0.25, -0.2) is 4.98 Å². The summed E-state index contributed by atoms with van der Waals surface area (Å²) >= 11 is 0. The van der Waals surface area contributed by atoms with E-state index >= 15 is 0 Å². The number of aromatic nitrogens is 2. The van der Waals surface area contributed by atoms with Crippen LogP contribution < -0.4 is 5.32 Å². The molecular formula is C13H14F3N3. The Morgan fingerprint density at radius 3 is 2.53 bits per heavy atom. The van der Waals surface area contributed by atoms with Crippen molar-refractivity contribution in [2.75, 3.05) is 0 Å². The minimum absolute atomic E-state index is 0.267. The highest BCUT2D eigenvalue weighted by atomic mass is 19.4. The Morgan fingerprint density at radius 2 is 1.95 bits per heavy atom. The lowest BCUT2D eigenvalue weighted by atomic mass is 10.0. The predicted molar refractivity (Wildman–Crippen MR) is 65.3 cm³/mol. The number of alkyl halides is 3. The zero-order chi connectivity index (χ0) is 13.7. The van der Waals surface area contributed by atoms with Gasteiger partial charge < -0.3 is 10.3 Å². The van der Waals surface area contributed by atoms with E-state index in [1.165, 1.54) is 0 Å². The molecular weight excluding hydrogens is 255 g/mol. The Hall–Kier alpha value is -1.82. The number of rotatable bonds is 5. The van der Waals surface area contributed by atoms with Crippen LogP contribution in [-0.4, -0.2) is 16.1 Å². The average molecular weight is 269 g/mol. The van der Waals surface area contributed by atoms with Gasteiger partial charge in [0.05, 0.1) is 13.0 Å². The molecule has 102 valence electrons. The van der Waals surface area contributed by atoms with E-state index < -0.39 is 18.6 Å². The highest BCUT2D eigenvalue weighted by Crippen LogP contribution is 2.29. The van der Waals surface area contributed by atoms with Gasteiger partial charge in [-0.05, 0) is 5.56 Å². The SMILES string of the molecule is FC(F)(F)CC(NCc1ncc[nH]1)c1ccccc1. The van der Waals surface area contributed by atoms with Crippen molar-refractivity contribution in [2.24, 2.45) is 0 Å². The molecule has 0 spiro atoms. The van der Waals surface area contributed by atoms with Crippen LogP contribution in [0, 0.1) is 0 Å². The van der Waals surface area contributed by atoms with Crippen molar-refractivity contribution in [1.29, 1.82) is 0 Å². The standard InChI is InChI=1S/C13H14F3N3/c14-13(15,16)8-11(10-4-2-1-3-5-10)19-9-12-17-6-7-18-12/h1-7,11,19H,8-9H2,(H,17,18). The summed E-state index contributed by atoms with van der Waals surface area (Å²) in [5.41, 5.74) is 0.617. The van der Waals surface area contributed by atoms with Crippen LogP contribution in [0.3, 0.4) is 0 Å². The van der Waals surface area contributed by atoms with Gasteiger partial charge in [-0.2, -0.15) is 13.2 Å². The second-order valence-corrected chi connectivity index (χ2v) is 4.20. The molecule has 1 aromatic carbocycles. The first-order valence-electron chi connectivity index (χ1n) is 5.88. The molecule has 0 amide bonds. The normalized spacial score (nSPS) is 13.4. The molecule has 0 aliphatic rings. The third kappa shape index (κ3) is 4.40. The quantitative estimate of drug-likeness (QED) is 0.875. The fourth-order valence-corrected chi connectivity index (χ4v) is 1.84. The molecule has 19 heavy (non-hydrogen) atoms. The Balaban J connectivity index is 2.06. The number of halogens is 3. The molecule has 0 radical (unpaired) electrons. The molecule has 1 unspecified atom stereocenters. The third-order valence-electron chi connectivity index (χ3n) is 2.71. The first-order chi connectivity index (χ1) is 9.04. The number of benzene rings is 1. The van der Waals surface area contributed by atoms with E-state index in [-0.39, 0.29) is 6.54 Å². The second kappa shape index (κ2) is 5.88. The lowest BCUT2D eigenvalue weighted by Crippen LogP contribution is -2.26. The smallest absolute Gasteiger partial charge is 0.348 e. The molecule has 6 heteroatoms. The maximum atomic E-state index is 12.6. The lowest BCUT2D eigenvalue weighted by molar-refractivity contribution is -0.140. The molecule has 1 atom stereocenters. The highest BCUT2D eigenvalue weighted by molar-refractivity contribution is 5.19. The Kier molecular flexibility index (Phi) is 4.21. The molecule has 0 saturated carbocycles. The molecule has 0 saturated heterocycles. The minimum atomic E-state index is -4.21. The van der Waals surface area contributed by atoms with Gasteiger partial charge in [-0.3, -0.25) is 0 Å². The zero-order valence-electron chi connectivity index (χ0n) is 10.1. The van der Waals surface area contributed by atoms with Crippen molar-refractivity contribution in [3.63, 3.8) is 0 Å². The van der Waals surface area contributed by atoms with Crippen molar-refractivity contribution < 1.29 is 13.2 Å². The van der Waals surface area contributed by atoms with Gasteiger partial charge in [0, 0.05) is 18.4 Å². The van der Waals surface area contributed by atoms with Gasteiger partial charge in [-0.1, -0.05) is 30.3 Å². The van der Waals surface area contributed by atoms with Crippen LogP contribution in [0.1, 0.15) is 23.9 Å². The Morgan fingerprint density at radius 1 is 1.21 bits per heavy atom. The van der Waals surface area contributed by atoms with E-state index in [1.54, 1.807) is 42.7 Å². The predicted octanol–water partition coefficient (Wildman–Crippen LogP) is 3.19. The van der Waals surface area contributed by atoms with Crippen LogP contribution >= 0.6 is 0 Å². The van der Waals surface area contributed by atoms with Gasteiger partial charge in [0.1, 0.15) is 5.82 Å². The molecule has 2 N–H and O–H groups in total. The highest BCUT2D eigenvalue weighted by Gasteiger charge is 2.32. The average Bonchev–Trinajstić information content (AvgIpc) is 2.87. The summed E-state index contributed by atoms with van der Waals surface area (Å²) in [4.78, 5) is 6.83. The van der Waals surface area contributed by atoms with Crippen molar-refractivity contribution in [3.05, 3.63) is 54.1 Å². The van der Waals surface area contributed by atoms with E-state index in [2.05, 4.69) is 15.3 Å². The van der Waals surface area contributed by atoms with Gasteiger partial charge >= 0.3 is 6.18 Å². The summed E-state index contributed by atoms with van der Waals surface area (Å²) < 4.78 is 37.8. The topological polar surface area (TPSA) is 40.7 Å². The summed E-state index contributed by atoms with van der Waals surface area (Å²) in [5.74, 6) is 0.614. The Labute approximate surface area is 108 Å². The lowest BCUT2D eigenvalue weighted by Gasteiger charge is -2.20. The third-order valence-corrected chi connectivity index (χ3v) is 2.71. The van der Waals surface area contributed by atoms with Gasteiger partial charge in [0.15, 0.2) is 0 Å². The van der Waals surface area contributed by atoms with E-state index in [0.717, 1.165) is 0 Å². The first-order valence-corrected chi connectivity index (χ1v) is 5.88. The van der Waals surface area contributed by atoms with Crippen molar-refractivity contribution in [3.8, 4) is 0 Å². The largest absolute Gasteiger partial charge is 0.390 e. The number of H-pyrrole nitrogens is 1. The van der Waals surface area contributed by atoms with Crippen LogP contribution in [0.5, 0.6) is 0 Å². The van der Waals surface area contributed by atoms with Gasteiger partial charge in [0.25, 0.3) is 0 Å². The molecule has 2 aromatic rings. The number of hydrogen-bond acceptors (Lipinski definition) is 2. The molecule has 1 heterocycles. The molecule has 1 aromatic heterocycles. The van der Waals surface area contributed by atoms with Crippen LogP contribution in [-0.2, 0) is 6.54 Å². The number of hydrogen-bond donors (Lipinski definition) is 2. The van der Waals surface area contributed by atoms with Crippen LogP contribution in [0.25, 0.3) is 0 Å². The summed E-state index contributed by atoms with van der Waals surface area (Å²) in [7, 11) is 0. The maximum Gasteiger partial charge on any atom is 0.390 e. The minimum Gasteiger partial charge on any atom is -0.348 e. The summed E-state index contributed by atoms with van der Waals surface area (Å²) in [6, 6.07) is 7.84. The fourth-order valence-electron chi connectivity index (χ4n) is 1.84. The monoisotopic (exact) mass is 269 g/mol. The van der Waals surface area contributed by atoms with Crippen molar-refractivity contribution >= 4 is 0 Å². The molecule has 0 aliphatic carbocycles. The van der Waals surface area contributed by atoms with Crippen molar-refractivity contribution in [1.82, 2.24) is 15.3 Å². The van der Waals surface area contributed by atoms with Gasteiger partial charge in [0.2, 0.25) is 0 Å². The summed E-state index contributed by atoms with van der Waals surface area (Å²) in [6.45, 7) is 0.267. The Bertz CT molecular complexity index is 480. The molecule has 0 fully saturated rings. The summed E-state index contributed by atoms with van der Waals surface area (Å²) in [5, 5.41) is 2.88. The van der Waals surface area contributed by atoms with Crippen LogP contribution in [0.2, 0.25) is 0 Å². The van der Waals surface area contributed by atoms with E-state index in [1.807, 2.05) is 0 Å².